The topological polar surface area (TPSA) is 56.5 Å². The van der Waals surface area contributed by atoms with E-state index in [2.05, 4.69) is 20.5 Å². The van der Waals surface area contributed by atoms with Gasteiger partial charge in [-0.1, -0.05) is 18.2 Å². The lowest BCUT2D eigenvalue weighted by Gasteiger charge is -2.45. The van der Waals surface area contributed by atoms with Gasteiger partial charge in [0.15, 0.2) is 0 Å². The van der Waals surface area contributed by atoms with Gasteiger partial charge in [-0.3, -0.25) is 4.57 Å². The van der Waals surface area contributed by atoms with E-state index in [1.54, 1.807) is 7.05 Å². The second-order valence-corrected chi connectivity index (χ2v) is 6.16. The van der Waals surface area contributed by atoms with Gasteiger partial charge in [-0.05, 0) is 11.6 Å². The number of likely N-dealkylation sites (N-methyl/N-ethyl adjacent to an activating group) is 1. The summed E-state index contributed by atoms with van der Waals surface area (Å²) < 4.78 is 1.89. The first-order valence-electron chi connectivity index (χ1n) is 7.62. The van der Waals surface area contributed by atoms with Gasteiger partial charge in [-0.2, -0.15) is 0 Å². The predicted molar refractivity (Wildman–Crippen MR) is 92.1 cm³/mol. The van der Waals surface area contributed by atoms with Crippen LogP contribution in [0.15, 0.2) is 41.7 Å². The minimum absolute atomic E-state index is 0. The average molecular weight is 334 g/mol. The average Bonchev–Trinajstić information content (AvgIpc) is 2.89. The first-order valence-corrected chi connectivity index (χ1v) is 7.62. The number of hydrogen-bond donors (Lipinski definition) is 0. The third-order valence-corrected chi connectivity index (χ3v) is 4.46. The highest BCUT2D eigenvalue weighted by molar-refractivity contribution is 5.87. The molecule has 2 aliphatic heterocycles. The van der Waals surface area contributed by atoms with Crippen LogP contribution in [0.3, 0.4) is 0 Å². The standard InChI is InChI=1S/C16H19N5O.ClH/c1-21(22)10-8-19(9-11-21)16-18-14-5-3-2-4-13(14)12-15-17-6-7-20(15)16;/h2-7H,8-12H2,1H3;1H. The summed E-state index contributed by atoms with van der Waals surface area (Å²) in [6, 6.07) is 8.19. The molecule has 0 atom stereocenters. The fourth-order valence-electron chi connectivity index (χ4n) is 3.06. The van der Waals surface area contributed by atoms with Gasteiger partial charge in [0.1, 0.15) is 5.82 Å². The number of halogens is 1. The second kappa shape index (κ2) is 5.96. The highest BCUT2D eigenvalue weighted by Crippen LogP contribution is 2.26. The SMILES string of the molecule is C[N+]1([O-])CCN(C2=Nc3ccccc3Cc3nccn32)CC1.Cl. The van der Waals surface area contributed by atoms with Crippen LogP contribution in [-0.2, 0) is 6.42 Å². The molecular formula is C16H20ClN5O. The fraction of sp³-hybridized carbons (Fsp3) is 0.375. The molecule has 2 aliphatic rings. The smallest absolute Gasteiger partial charge is 0.212 e. The molecule has 0 bridgehead atoms. The van der Waals surface area contributed by atoms with Crippen molar-refractivity contribution in [2.75, 3.05) is 33.2 Å². The van der Waals surface area contributed by atoms with Crippen LogP contribution in [0.1, 0.15) is 11.4 Å². The minimum Gasteiger partial charge on any atom is -0.633 e. The van der Waals surface area contributed by atoms with Gasteiger partial charge >= 0.3 is 0 Å². The van der Waals surface area contributed by atoms with E-state index >= 15 is 0 Å². The zero-order chi connectivity index (χ0) is 15.2. The molecule has 0 N–H and O–H groups in total. The highest BCUT2D eigenvalue weighted by atomic mass is 35.5. The summed E-state index contributed by atoms with van der Waals surface area (Å²) in [5.74, 6) is 1.88. The van der Waals surface area contributed by atoms with Gasteiger partial charge in [-0.25, -0.2) is 9.98 Å². The summed E-state index contributed by atoms with van der Waals surface area (Å²) >= 11 is 0. The molecular weight excluding hydrogens is 314 g/mol. The van der Waals surface area contributed by atoms with Gasteiger partial charge in [0.05, 0.1) is 38.9 Å². The number of para-hydroxylation sites is 1. The van der Waals surface area contributed by atoms with Crippen molar-refractivity contribution < 1.29 is 4.65 Å². The second-order valence-electron chi connectivity index (χ2n) is 6.16. The lowest BCUT2D eigenvalue weighted by atomic mass is 10.1. The highest BCUT2D eigenvalue weighted by Gasteiger charge is 2.27. The maximum atomic E-state index is 12.1. The number of aliphatic imine (C=N–C) groups is 1. The van der Waals surface area contributed by atoms with Crippen LogP contribution >= 0.6 is 12.4 Å². The molecule has 0 spiro atoms. The summed E-state index contributed by atoms with van der Waals surface area (Å²) in [6.45, 7) is 2.62. The van der Waals surface area contributed by atoms with Crippen LogP contribution in [0.4, 0.5) is 5.69 Å². The molecule has 0 unspecified atom stereocenters. The van der Waals surface area contributed by atoms with Crippen molar-refractivity contribution in [1.82, 2.24) is 14.5 Å². The van der Waals surface area contributed by atoms with E-state index in [0.29, 0.717) is 13.1 Å². The molecule has 122 valence electrons. The van der Waals surface area contributed by atoms with E-state index in [-0.39, 0.29) is 17.1 Å². The molecule has 1 aromatic heterocycles. The Morgan fingerprint density at radius 1 is 1.17 bits per heavy atom. The Balaban J connectivity index is 0.00000156. The van der Waals surface area contributed by atoms with Crippen molar-refractivity contribution in [2.45, 2.75) is 6.42 Å². The van der Waals surface area contributed by atoms with Gasteiger partial charge < -0.3 is 14.8 Å². The van der Waals surface area contributed by atoms with Crippen LogP contribution < -0.4 is 0 Å². The molecule has 2 aromatic rings. The van der Waals surface area contributed by atoms with Crippen LogP contribution in [0.2, 0.25) is 0 Å². The Labute approximate surface area is 141 Å². The summed E-state index contributed by atoms with van der Waals surface area (Å²) in [6.07, 6.45) is 4.55. The van der Waals surface area contributed by atoms with Crippen molar-refractivity contribution in [3.05, 3.63) is 53.3 Å². The molecule has 0 saturated carbocycles. The molecule has 0 radical (unpaired) electrons. The number of rotatable bonds is 0. The van der Waals surface area contributed by atoms with E-state index in [1.165, 1.54) is 5.56 Å². The molecule has 4 rings (SSSR count). The molecule has 0 amide bonds. The third-order valence-electron chi connectivity index (χ3n) is 4.46. The zero-order valence-electron chi connectivity index (χ0n) is 13.1. The Morgan fingerprint density at radius 2 is 1.91 bits per heavy atom. The molecule has 7 heteroatoms. The monoisotopic (exact) mass is 333 g/mol. The Bertz CT molecular complexity index is 730. The molecule has 0 aliphatic carbocycles. The van der Waals surface area contributed by atoms with Crippen LogP contribution in [0.25, 0.3) is 0 Å². The molecule has 3 heterocycles. The number of fused-ring (bicyclic) bond motifs is 2. The number of hydroxylamine groups is 3. The van der Waals surface area contributed by atoms with Gasteiger partial charge in [-0.15, -0.1) is 12.4 Å². The van der Waals surface area contributed by atoms with Crippen molar-refractivity contribution in [1.29, 1.82) is 0 Å². The molecule has 23 heavy (non-hydrogen) atoms. The van der Waals surface area contributed by atoms with Gasteiger partial charge in [0.2, 0.25) is 5.96 Å². The summed E-state index contributed by atoms with van der Waals surface area (Å²) in [5.41, 5.74) is 2.18. The Kier molecular flexibility index (Phi) is 4.14. The zero-order valence-corrected chi connectivity index (χ0v) is 13.9. The van der Waals surface area contributed by atoms with Crippen LogP contribution in [-0.4, -0.2) is 58.3 Å². The molecule has 1 saturated heterocycles. The molecule has 6 nitrogen and oxygen atoms in total. The molecule has 1 fully saturated rings. The van der Waals surface area contributed by atoms with Gasteiger partial charge in [0, 0.05) is 18.8 Å². The number of piperazine rings is 1. The van der Waals surface area contributed by atoms with Crippen LogP contribution in [0.5, 0.6) is 0 Å². The van der Waals surface area contributed by atoms with Crippen molar-refractivity contribution >= 4 is 24.1 Å². The lowest BCUT2D eigenvalue weighted by molar-refractivity contribution is -0.864. The maximum Gasteiger partial charge on any atom is 0.212 e. The predicted octanol–water partition coefficient (Wildman–Crippen LogP) is 2.00. The van der Waals surface area contributed by atoms with E-state index in [9.17, 15) is 5.21 Å². The summed E-state index contributed by atoms with van der Waals surface area (Å²) in [7, 11) is 1.74. The normalized spacial score (nSPS) is 19.0. The van der Waals surface area contributed by atoms with Crippen molar-refractivity contribution in [2.24, 2.45) is 4.99 Å². The van der Waals surface area contributed by atoms with E-state index in [4.69, 9.17) is 4.99 Å². The number of benzene rings is 1. The van der Waals surface area contributed by atoms with E-state index in [0.717, 1.165) is 37.0 Å². The minimum atomic E-state index is -0.169. The third kappa shape index (κ3) is 2.97. The lowest BCUT2D eigenvalue weighted by Crippen LogP contribution is -2.56. The number of aromatic nitrogens is 2. The first-order chi connectivity index (χ1) is 10.6. The number of imidazole rings is 1. The van der Waals surface area contributed by atoms with Crippen LogP contribution in [0, 0.1) is 5.21 Å². The van der Waals surface area contributed by atoms with Crippen molar-refractivity contribution in [3.8, 4) is 0 Å². The van der Waals surface area contributed by atoms with Crippen molar-refractivity contribution in [3.63, 3.8) is 0 Å². The number of nitrogens with zero attached hydrogens (tertiary/aromatic N) is 5. The summed E-state index contributed by atoms with van der Waals surface area (Å²) in [5, 5.41) is 12.1. The quantitative estimate of drug-likeness (QED) is 0.547. The number of quaternary nitrogens is 1. The van der Waals surface area contributed by atoms with Gasteiger partial charge in [0.25, 0.3) is 0 Å². The first kappa shape index (κ1) is 16.0. The number of hydrogen-bond acceptors (Lipinski definition) is 4. The fourth-order valence-corrected chi connectivity index (χ4v) is 3.06. The maximum absolute atomic E-state index is 12.1. The summed E-state index contributed by atoms with van der Waals surface area (Å²) in [4.78, 5) is 11.6. The largest absolute Gasteiger partial charge is 0.633 e. The molecule has 1 aromatic carbocycles. The van der Waals surface area contributed by atoms with E-state index in [1.807, 2.05) is 30.6 Å². The Hall–Kier alpha value is -1.89. The van der Waals surface area contributed by atoms with E-state index < -0.39 is 0 Å². The Morgan fingerprint density at radius 3 is 2.70 bits per heavy atom.